The highest BCUT2D eigenvalue weighted by Crippen LogP contribution is 2.20. The van der Waals surface area contributed by atoms with E-state index in [0.29, 0.717) is 17.8 Å². The van der Waals surface area contributed by atoms with Gasteiger partial charge in [0.15, 0.2) is 0 Å². The van der Waals surface area contributed by atoms with Gasteiger partial charge in [-0.3, -0.25) is 4.79 Å². The van der Waals surface area contributed by atoms with Crippen molar-refractivity contribution in [2.24, 2.45) is 0 Å². The molecule has 2 heterocycles. The Bertz CT molecular complexity index is 408. The first-order chi connectivity index (χ1) is 7.22. The van der Waals surface area contributed by atoms with Crippen LogP contribution in [0.4, 0.5) is 0 Å². The van der Waals surface area contributed by atoms with Gasteiger partial charge in [0.2, 0.25) is 5.88 Å². The summed E-state index contributed by atoms with van der Waals surface area (Å²) in [6, 6.07) is 0.0782. The zero-order valence-electron chi connectivity index (χ0n) is 8.71. The molecule has 0 amide bonds. The Morgan fingerprint density at radius 1 is 1.60 bits per heavy atom. The van der Waals surface area contributed by atoms with Crippen molar-refractivity contribution in [3.63, 3.8) is 0 Å². The third-order valence-corrected chi connectivity index (χ3v) is 2.76. The molecular formula is C10H15N3O2. The maximum atomic E-state index is 11.6. The SMILES string of the molecule is CCc1c(O)nc(C2CCCN2)[nH]c1=O. The average molecular weight is 209 g/mol. The lowest BCUT2D eigenvalue weighted by Crippen LogP contribution is -2.22. The molecule has 1 aliphatic heterocycles. The van der Waals surface area contributed by atoms with E-state index in [1.807, 2.05) is 6.92 Å². The molecule has 2 rings (SSSR count). The molecule has 0 radical (unpaired) electrons. The van der Waals surface area contributed by atoms with Gasteiger partial charge in [-0.1, -0.05) is 6.92 Å². The summed E-state index contributed by atoms with van der Waals surface area (Å²) in [5.74, 6) is 0.414. The number of hydrogen-bond acceptors (Lipinski definition) is 4. The van der Waals surface area contributed by atoms with E-state index in [9.17, 15) is 9.90 Å². The van der Waals surface area contributed by atoms with Crippen LogP contribution >= 0.6 is 0 Å². The lowest BCUT2D eigenvalue weighted by Gasteiger charge is -2.10. The number of rotatable bonds is 2. The lowest BCUT2D eigenvalue weighted by molar-refractivity contribution is 0.434. The molecular weight excluding hydrogens is 194 g/mol. The van der Waals surface area contributed by atoms with Crippen LogP contribution < -0.4 is 10.9 Å². The van der Waals surface area contributed by atoms with Crippen molar-refractivity contribution in [1.82, 2.24) is 15.3 Å². The maximum Gasteiger partial charge on any atom is 0.257 e. The van der Waals surface area contributed by atoms with E-state index in [1.54, 1.807) is 0 Å². The third-order valence-electron chi connectivity index (χ3n) is 2.76. The molecule has 1 saturated heterocycles. The Morgan fingerprint density at radius 3 is 2.93 bits per heavy atom. The van der Waals surface area contributed by atoms with Crippen molar-refractivity contribution in [1.29, 1.82) is 0 Å². The molecule has 82 valence electrons. The molecule has 15 heavy (non-hydrogen) atoms. The van der Waals surface area contributed by atoms with Gasteiger partial charge in [-0.2, -0.15) is 4.98 Å². The van der Waals surface area contributed by atoms with Crippen molar-refractivity contribution < 1.29 is 5.11 Å². The molecule has 5 heteroatoms. The second-order valence-corrected chi connectivity index (χ2v) is 3.76. The van der Waals surface area contributed by atoms with E-state index in [1.165, 1.54) is 0 Å². The van der Waals surface area contributed by atoms with Crippen molar-refractivity contribution in [3.05, 3.63) is 21.7 Å². The quantitative estimate of drug-likeness (QED) is 0.661. The second-order valence-electron chi connectivity index (χ2n) is 3.76. The van der Waals surface area contributed by atoms with Gasteiger partial charge in [0.05, 0.1) is 11.6 Å². The fourth-order valence-electron chi connectivity index (χ4n) is 1.90. The summed E-state index contributed by atoms with van der Waals surface area (Å²) in [4.78, 5) is 18.3. The first-order valence-corrected chi connectivity index (χ1v) is 5.27. The van der Waals surface area contributed by atoms with Crippen LogP contribution in [0.15, 0.2) is 4.79 Å². The average Bonchev–Trinajstić information content (AvgIpc) is 2.69. The summed E-state index contributed by atoms with van der Waals surface area (Å²) in [6.07, 6.45) is 2.52. The van der Waals surface area contributed by atoms with Gasteiger partial charge in [0, 0.05) is 0 Å². The van der Waals surface area contributed by atoms with Gasteiger partial charge in [0.1, 0.15) is 5.82 Å². The van der Waals surface area contributed by atoms with Crippen LogP contribution in [-0.2, 0) is 6.42 Å². The molecule has 1 unspecified atom stereocenters. The van der Waals surface area contributed by atoms with Crippen LogP contribution in [0.3, 0.4) is 0 Å². The molecule has 0 aliphatic carbocycles. The van der Waals surface area contributed by atoms with Gasteiger partial charge < -0.3 is 15.4 Å². The minimum atomic E-state index is -0.228. The predicted molar refractivity (Wildman–Crippen MR) is 55.9 cm³/mol. The molecule has 1 aromatic rings. The van der Waals surface area contributed by atoms with Crippen molar-refractivity contribution in [2.45, 2.75) is 32.2 Å². The largest absolute Gasteiger partial charge is 0.493 e. The topological polar surface area (TPSA) is 78.0 Å². The fraction of sp³-hybridized carbons (Fsp3) is 0.600. The molecule has 5 nitrogen and oxygen atoms in total. The number of aromatic nitrogens is 2. The summed E-state index contributed by atoms with van der Waals surface area (Å²) in [6.45, 7) is 2.75. The molecule has 1 fully saturated rings. The molecule has 3 N–H and O–H groups in total. The number of aromatic amines is 1. The summed E-state index contributed by atoms with van der Waals surface area (Å²) in [5, 5.41) is 12.8. The molecule has 0 aromatic carbocycles. The van der Waals surface area contributed by atoms with Crippen LogP contribution in [0, 0.1) is 0 Å². The normalized spacial score (nSPS) is 20.7. The van der Waals surface area contributed by atoms with Crippen molar-refractivity contribution >= 4 is 0 Å². The van der Waals surface area contributed by atoms with Gasteiger partial charge in [-0.05, 0) is 25.8 Å². The molecule has 0 spiro atoms. The Morgan fingerprint density at radius 2 is 2.40 bits per heavy atom. The Balaban J connectivity index is 2.38. The first kappa shape index (κ1) is 10.2. The van der Waals surface area contributed by atoms with Crippen molar-refractivity contribution in [3.8, 4) is 5.88 Å². The molecule has 1 aliphatic rings. The zero-order valence-corrected chi connectivity index (χ0v) is 8.71. The lowest BCUT2D eigenvalue weighted by atomic mass is 10.2. The molecule has 1 aromatic heterocycles. The van der Waals surface area contributed by atoms with Gasteiger partial charge in [0.25, 0.3) is 5.56 Å². The number of H-pyrrole nitrogens is 1. The standard InChI is InChI=1S/C10H15N3O2/c1-2-6-9(14)12-8(13-10(6)15)7-4-3-5-11-7/h7,11H,2-5H2,1H3,(H2,12,13,14,15). The fourth-order valence-corrected chi connectivity index (χ4v) is 1.90. The smallest absolute Gasteiger partial charge is 0.257 e. The highest BCUT2D eigenvalue weighted by Gasteiger charge is 2.20. The van der Waals surface area contributed by atoms with E-state index in [4.69, 9.17) is 0 Å². The minimum absolute atomic E-state index is 0.0782. The van der Waals surface area contributed by atoms with E-state index in [2.05, 4.69) is 15.3 Å². The number of nitrogens with zero attached hydrogens (tertiary/aromatic N) is 1. The van der Waals surface area contributed by atoms with Crippen LogP contribution in [0.2, 0.25) is 0 Å². The predicted octanol–water partition coefficient (Wildman–Crippen LogP) is 0.462. The second kappa shape index (κ2) is 4.02. The highest BCUT2D eigenvalue weighted by molar-refractivity contribution is 5.23. The summed E-state index contributed by atoms with van der Waals surface area (Å²) in [5.41, 5.74) is 0.130. The number of nitrogens with one attached hydrogen (secondary N) is 2. The van der Waals surface area contributed by atoms with Gasteiger partial charge in [-0.15, -0.1) is 0 Å². The Kier molecular flexibility index (Phi) is 2.73. The van der Waals surface area contributed by atoms with E-state index in [-0.39, 0.29) is 17.5 Å². The highest BCUT2D eigenvalue weighted by atomic mass is 16.3. The first-order valence-electron chi connectivity index (χ1n) is 5.27. The number of aromatic hydroxyl groups is 1. The van der Waals surface area contributed by atoms with Crippen LogP contribution in [0.5, 0.6) is 5.88 Å². The maximum absolute atomic E-state index is 11.6. The van der Waals surface area contributed by atoms with E-state index < -0.39 is 0 Å². The Labute approximate surface area is 87.6 Å². The van der Waals surface area contributed by atoms with Crippen LogP contribution in [-0.4, -0.2) is 21.6 Å². The summed E-state index contributed by atoms with van der Waals surface area (Å²) < 4.78 is 0. The van der Waals surface area contributed by atoms with E-state index >= 15 is 0 Å². The minimum Gasteiger partial charge on any atom is -0.493 e. The summed E-state index contributed by atoms with van der Waals surface area (Å²) >= 11 is 0. The third kappa shape index (κ3) is 1.87. The zero-order chi connectivity index (χ0) is 10.8. The van der Waals surface area contributed by atoms with E-state index in [0.717, 1.165) is 19.4 Å². The van der Waals surface area contributed by atoms with Crippen LogP contribution in [0.25, 0.3) is 0 Å². The molecule has 0 bridgehead atoms. The summed E-state index contributed by atoms with van der Waals surface area (Å²) in [7, 11) is 0. The molecule has 0 saturated carbocycles. The number of hydrogen-bond donors (Lipinski definition) is 3. The van der Waals surface area contributed by atoms with Crippen molar-refractivity contribution in [2.75, 3.05) is 6.54 Å². The van der Waals surface area contributed by atoms with Gasteiger partial charge in [-0.25, -0.2) is 0 Å². The Hall–Kier alpha value is -1.36. The monoisotopic (exact) mass is 209 g/mol. The van der Waals surface area contributed by atoms with Crippen LogP contribution in [0.1, 0.15) is 37.2 Å². The molecule has 1 atom stereocenters. The van der Waals surface area contributed by atoms with Gasteiger partial charge >= 0.3 is 0 Å².